The van der Waals surface area contributed by atoms with Crippen molar-refractivity contribution < 1.29 is 4.74 Å². The monoisotopic (exact) mass is 285 g/mol. The van der Waals surface area contributed by atoms with Crippen molar-refractivity contribution >= 4 is 5.82 Å². The highest BCUT2D eigenvalue weighted by Gasteiger charge is 2.12. The zero-order valence-corrected chi connectivity index (χ0v) is 12.9. The van der Waals surface area contributed by atoms with Crippen molar-refractivity contribution in [3.05, 3.63) is 53.7 Å². The molecule has 0 saturated heterocycles. The molecule has 2 aromatic rings. The number of rotatable bonds is 6. The maximum atomic E-state index is 5.83. The Morgan fingerprint density at radius 1 is 1.14 bits per heavy atom. The highest BCUT2D eigenvalue weighted by atomic mass is 16.5. The number of nitrogens with zero attached hydrogens (tertiary/aromatic N) is 2. The number of aromatic nitrogens is 1. The Kier molecular flexibility index (Phi) is 5.17. The summed E-state index contributed by atoms with van der Waals surface area (Å²) in [6.45, 7) is 5.32. The van der Waals surface area contributed by atoms with Gasteiger partial charge in [-0.2, -0.15) is 0 Å². The van der Waals surface area contributed by atoms with Crippen molar-refractivity contribution in [2.75, 3.05) is 11.9 Å². The molecule has 0 aliphatic rings. The molecule has 0 radical (unpaired) electrons. The van der Waals surface area contributed by atoms with Crippen molar-refractivity contribution in [1.82, 2.24) is 4.98 Å². The van der Waals surface area contributed by atoms with Crippen LogP contribution in [0.1, 0.15) is 25.0 Å². The second-order valence-corrected chi connectivity index (χ2v) is 5.32. The Balaban J connectivity index is 2.22. The molecule has 21 heavy (non-hydrogen) atoms. The third kappa shape index (κ3) is 3.95. The average molecular weight is 285 g/mol. The van der Waals surface area contributed by atoms with Crippen LogP contribution in [0.3, 0.4) is 0 Å². The number of nitrogens with two attached hydrogens (primary N) is 1. The van der Waals surface area contributed by atoms with Crippen molar-refractivity contribution in [1.29, 1.82) is 0 Å². The van der Waals surface area contributed by atoms with E-state index in [-0.39, 0.29) is 6.10 Å². The Morgan fingerprint density at radius 2 is 1.86 bits per heavy atom. The zero-order valence-electron chi connectivity index (χ0n) is 12.9. The summed E-state index contributed by atoms with van der Waals surface area (Å²) < 4.78 is 5.83. The van der Waals surface area contributed by atoms with Crippen LogP contribution in [-0.4, -0.2) is 18.1 Å². The maximum absolute atomic E-state index is 5.83. The summed E-state index contributed by atoms with van der Waals surface area (Å²) in [6, 6.07) is 12.1. The van der Waals surface area contributed by atoms with Gasteiger partial charge in [0.15, 0.2) is 11.6 Å². The van der Waals surface area contributed by atoms with E-state index in [1.165, 1.54) is 5.56 Å². The Bertz CT molecular complexity index is 584. The lowest BCUT2D eigenvalue weighted by atomic mass is 10.1. The summed E-state index contributed by atoms with van der Waals surface area (Å²) in [6.07, 6.45) is 1.91. The topological polar surface area (TPSA) is 51.4 Å². The van der Waals surface area contributed by atoms with Crippen LogP contribution in [0, 0.1) is 0 Å². The van der Waals surface area contributed by atoms with Crippen molar-refractivity contribution in [2.45, 2.75) is 33.0 Å². The fourth-order valence-corrected chi connectivity index (χ4v) is 2.26. The van der Waals surface area contributed by atoms with Crippen LogP contribution in [0.25, 0.3) is 0 Å². The predicted octanol–water partition coefficient (Wildman–Crippen LogP) is 2.96. The predicted molar refractivity (Wildman–Crippen MR) is 86.4 cm³/mol. The molecule has 4 heteroatoms. The summed E-state index contributed by atoms with van der Waals surface area (Å²) in [5.74, 6) is 1.65. The van der Waals surface area contributed by atoms with Gasteiger partial charge in [-0.3, -0.25) is 0 Å². The first-order valence-electron chi connectivity index (χ1n) is 7.21. The van der Waals surface area contributed by atoms with Gasteiger partial charge in [0, 0.05) is 26.3 Å². The highest BCUT2D eigenvalue weighted by molar-refractivity contribution is 5.52. The van der Waals surface area contributed by atoms with E-state index in [0.29, 0.717) is 6.54 Å². The molecule has 2 N–H and O–H groups in total. The summed E-state index contributed by atoms with van der Waals surface area (Å²) in [5.41, 5.74) is 8.17. The van der Waals surface area contributed by atoms with Crippen LogP contribution >= 0.6 is 0 Å². The number of hydrogen-bond donors (Lipinski definition) is 1. The fraction of sp³-hybridized carbons (Fsp3) is 0.353. The van der Waals surface area contributed by atoms with Gasteiger partial charge in [0.25, 0.3) is 0 Å². The van der Waals surface area contributed by atoms with Gasteiger partial charge in [-0.25, -0.2) is 4.98 Å². The van der Waals surface area contributed by atoms with E-state index in [4.69, 9.17) is 10.5 Å². The lowest BCUT2D eigenvalue weighted by molar-refractivity contribution is 0.242. The Morgan fingerprint density at radius 3 is 2.52 bits per heavy atom. The van der Waals surface area contributed by atoms with E-state index in [2.05, 4.69) is 22.0 Å². The van der Waals surface area contributed by atoms with Gasteiger partial charge in [0.2, 0.25) is 0 Å². The first-order chi connectivity index (χ1) is 10.1. The molecule has 0 fully saturated rings. The molecule has 0 saturated carbocycles. The van der Waals surface area contributed by atoms with Crippen molar-refractivity contribution in [2.24, 2.45) is 5.73 Å². The standard InChI is InChI=1S/C17H23N3O/c1-13(2)21-16-9-6-10-19-17(16)20(3)12-15-8-5-4-7-14(15)11-18/h4-10,13H,11-12,18H2,1-3H3. The van der Waals surface area contributed by atoms with Crippen LogP contribution in [0.15, 0.2) is 42.6 Å². The van der Waals surface area contributed by atoms with Crippen LogP contribution in [0.2, 0.25) is 0 Å². The Labute approximate surface area is 126 Å². The number of ether oxygens (including phenoxy) is 1. The average Bonchev–Trinajstić information content (AvgIpc) is 2.47. The Hall–Kier alpha value is -2.07. The number of hydrogen-bond acceptors (Lipinski definition) is 4. The van der Waals surface area contributed by atoms with E-state index in [1.54, 1.807) is 6.20 Å². The minimum Gasteiger partial charge on any atom is -0.487 e. The molecule has 0 aliphatic heterocycles. The lowest BCUT2D eigenvalue weighted by Crippen LogP contribution is -2.21. The lowest BCUT2D eigenvalue weighted by Gasteiger charge is -2.23. The van der Waals surface area contributed by atoms with Gasteiger partial charge in [0.05, 0.1) is 6.10 Å². The zero-order chi connectivity index (χ0) is 15.2. The van der Waals surface area contributed by atoms with Crippen molar-refractivity contribution in [3.8, 4) is 5.75 Å². The molecule has 2 rings (SSSR count). The molecular weight excluding hydrogens is 262 g/mol. The second-order valence-electron chi connectivity index (χ2n) is 5.32. The first kappa shape index (κ1) is 15.3. The van der Waals surface area contributed by atoms with E-state index in [1.807, 2.05) is 45.2 Å². The van der Waals surface area contributed by atoms with Crippen molar-refractivity contribution in [3.63, 3.8) is 0 Å². The van der Waals surface area contributed by atoms with Gasteiger partial charge in [-0.15, -0.1) is 0 Å². The number of pyridine rings is 1. The molecule has 1 aromatic carbocycles. The smallest absolute Gasteiger partial charge is 0.171 e. The normalized spacial score (nSPS) is 10.7. The minimum atomic E-state index is 0.123. The number of anilines is 1. The number of benzene rings is 1. The van der Waals surface area contributed by atoms with Gasteiger partial charge in [0.1, 0.15) is 0 Å². The van der Waals surface area contributed by atoms with Gasteiger partial charge < -0.3 is 15.4 Å². The highest BCUT2D eigenvalue weighted by Crippen LogP contribution is 2.26. The molecule has 4 nitrogen and oxygen atoms in total. The first-order valence-corrected chi connectivity index (χ1v) is 7.21. The van der Waals surface area contributed by atoms with E-state index in [0.717, 1.165) is 23.7 Å². The van der Waals surface area contributed by atoms with Gasteiger partial charge in [-0.05, 0) is 37.1 Å². The largest absolute Gasteiger partial charge is 0.487 e. The van der Waals surface area contributed by atoms with E-state index < -0.39 is 0 Å². The molecule has 0 amide bonds. The molecule has 0 bridgehead atoms. The van der Waals surface area contributed by atoms with E-state index in [9.17, 15) is 0 Å². The minimum absolute atomic E-state index is 0.123. The second kappa shape index (κ2) is 7.09. The summed E-state index contributed by atoms with van der Waals surface area (Å²) in [4.78, 5) is 6.54. The van der Waals surface area contributed by atoms with Crippen LogP contribution in [0.5, 0.6) is 5.75 Å². The SMILES string of the molecule is CC(C)Oc1cccnc1N(C)Cc1ccccc1CN. The third-order valence-corrected chi connectivity index (χ3v) is 3.22. The van der Waals surface area contributed by atoms with Crippen LogP contribution in [0.4, 0.5) is 5.82 Å². The summed E-state index contributed by atoms with van der Waals surface area (Å²) >= 11 is 0. The molecule has 112 valence electrons. The van der Waals surface area contributed by atoms with Crippen LogP contribution < -0.4 is 15.4 Å². The summed E-state index contributed by atoms with van der Waals surface area (Å²) in [7, 11) is 2.02. The van der Waals surface area contributed by atoms with Gasteiger partial charge in [-0.1, -0.05) is 24.3 Å². The molecular formula is C17H23N3O. The molecule has 0 atom stereocenters. The van der Waals surface area contributed by atoms with Crippen LogP contribution in [-0.2, 0) is 13.1 Å². The quantitative estimate of drug-likeness (QED) is 0.886. The molecule has 0 aliphatic carbocycles. The third-order valence-electron chi connectivity index (χ3n) is 3.22. The maximum Gasteiger partial charge on any atom is 0.171 e. The van der Waals surface area contributed by atoms with Gasteiger partial charge >= 0.3 is 0 Å². The van der Waals surface area contributed by atoms with E-state index >= 15 is 0 Å². The molecule has 0 spiro atoms. The molecule has 1 aromatic heterocycles. The molecule has 0 unspecified atom stereocenters. The summed E-state index contributed by atoms with van der Waals surface area (Å²) in [5, 5.41) is 0. The fourth-order valence-electron chi connectivity index (χ4n) is 2.26. The molecule has 1 heterocycles.